The number of benzene rings is 1. The Labute approximate surface area is 191 Å². The Hall–Kier alpha value is -3.39. The van der Waals surface area contributed by atoms with Crippen molar-refractivity contribution in [1.82, 2.24) is 14.5 Å². The molecule has 0 unspecified atom stereocenters. The third-order valence-corrected chi connectivity index (χ3v) is 6.91. The van der Waals surface area contributed by atoms with E-state index >= 15 is 0 Å². The number of aliphatic carboxylic acids is 1. The predicted octanol–water partition coefficient (Wildman–Crippen LogP) is 3.17. The molecule has 33 heavy (non-hydrogen) atoms. The average molecular weight is 449 g/mol. The molecule has 0 spiro atoms. The van der Waals surface area contributed by atoms with Crippen LogP contribution in [0.5, 0.6) is 0 Å². The molecule has 0 radical (unpaired) electrons. The van der Waals surface area contributed by atoms with Crippen molar-refractivity contribution >= 4 is 28.5 Å². The zero-order chi connectivity index (χ0) is 23.3. The summed E-state index contributed by atoms with van der Waals surface area (Å²) >= 11 is 0. The molecule has 3 aromatic rings. The Bertz CT molecular complexity index is 1290. The van der Waals surface area contributed by atoms with Crippen molar-refractivity contribution < 1.29 is 14.7 Å². The van der Waals surface area contributed by atoms with Gasteiger partial charge >= 0.3 is 5.97 Å². The molecule has 2 aliphatic rings. The van der Waals surface area contributed by atoms with Gasteiger partial charge in [0.05, 0.1) is 0 Å². The highest BCUT2D eigenvalue weighted by Gasteiger charge is 2.40. The van der Waals surface area contributed by atoms with Crippen molar-refractivity contribution in [2.75, 3.05) is 18.4 Å². The molecular formula is C25H28N4O4. The molecule has 1 saturated heterocycles. The van der Waals surface area contributed by atoms with Crippen LogP contribution in [0.3, 0.4) is 0 Å². The van der Waals surface area contributed by atoms with Gasteiger partial charge in [-0.1, -0.05) is 26.0 Å². The number of piperidine rings is 1. The molecule has 8 heteroatoms. The lowest BCUT2D eigenvalue weighted by Gasteiger charge is -2.44. The first-order valence-electron chi connectivity index (χ1n) is 11.4. The number of pyridine rings is 1. The van der Waals surface area contributed by atoms with Crippen LogP contribution >= 0.6 is 0 Å². The van der Waals surface area contributed by atoms with Crippen molar-refractivity contribution in [1.29, 1.82) is 0 Å². The van der Waals surface area contributed by atoms with Crippen LogP contribution in [-0.4, -0.2) is 44.5 Å². The number of carboxylic acids is 1. The first-order valence-corrected chi connectivity index (χ1v) is 11.4. The van der Waals surface area contributed by atoms with E-state index < -0.39 is 12.0 Å². The van der Waals surface area contributed by atoms with Crippen LogP contribution in [0.4, 0.5) is 5.69 Å². The summed E-state index contributed by atoms with van der Waals surface area (Å²) in [6.45, 7) is 5.51. The number of aromatic amines is 1. The second-order valence-electron chi connectivity index (χ2n) is 9.54. The second-order valence-corrected chi connectivity index (χ2v) is 9.54. The molecule has 2 aromatic heterocycles. The summed E-state index contributed by atoms with van der Waals surface area (Å²) in [7, 11) is 0. The van der Waals surface area contributed by atoms with E-state index in [4.69, 9.17) is 0 Å². The molecule has 8 nitrogen and oxygen atoms in total. The van der Waals surface area contributed by atoms with Gasteiger partial charge in [0.15, 0.2) is 0 Å². The quantitative estimate of drug-likeness (QED) is 0.556. The van der Waals surface area contributed by atoms with Gasteiger partial charge < -0.3 is 20.0 Å². The summed E-state index contributed by atoms with van der Waals surface area (Å²) in [6, 6.07) is 10.1. The number of carbonyl (C=O) groups excluding carboxylic acids is 1. The van der Waals surface area contributed by atoms with Crippen LogP contribution in [0, 0.1) is 11.8 Å². The molecule has 2 bridgehead atoms. The van der Waals surface area contributed by atoms with Crippen molar-refractivity contribution in [3.05, 3.63) is 64.2 Å². The first-order chi connectivity index (χ1) is 15.8. The second kappa shape index (κ2) is 8.19. The van der Waals surface area contributed by atoms with Gasteiger partial charge in [0.25, 0.3) is 5.56 Å². The smallest absolute Gasteiger partial charge is 0.325 e. The van der Waals surface area contributed by atoms with E-state index in [1.165, 1.54) is 0 Å². The molecule has 5 rings (SSSR count). The van der Waals surface area contributed by atoms with Crippen LogP contribution in [-0.2, 0) is 16.1 Å². The van der Waals surface area contributed by atoms with Gasteiger partial charge in [0.2, 0.25) is 5.91 Å². The Morgan fingerprint density at radius 3 is 2.73 bits per heavy atom. The van der Waals surface area contributed by atoms with Crippen molar-refractivity contribution in [2.24, 2.45) is 11.8 Å². The van der Waals surface area contributed by atoms with Crippen LogP contribution in [0.15, 0.2) is 47.4 Å². The number of carboxylic acid groups (broad SMARTS) is 1. The molecule has 1 aromatic carbocycles. The first kappa shape index (κ1) is 21.5. The van der Waals surface area contributed by atoms with Crippen molar-refractivity contribution in [3.8, 4) is 0 Å². The van der Waals surface area contributed by atoms with Gasteiger partial charge in [0.1, 0.15) is 6.04 Å². The number of amides is 1. The number of fused-ring (bicyclic) bond motifs is 5. The minimum Gasteiger partial charge on any atom is -0.480 e. The fraction of sp³-hybridized carbons (Fsp3) is 0.400. The summed E-state index contributed by atoms with van der Waals surface area (Å²) in [4.78, 5) is 42.1. The van der Waals surface area contributed by atoms with E-state index in [1.807, 2.05) is 47.6 Å². The Kier molecular flexibility index (Phi) is 5.32. The number of rotatable bonds is 5. The van der Waals surface area contributed by atoms with Gasteiger partial charge in [-0.3, -0.25) is 19.3 Å². The topological polar surface area (TPSA) is 107 Å². The predicted molar refractivity (Wildman–Crippen MR) is 125 cm³/mol. The highest BCUT2D eigenvalue weighted by Crippen LogP contribution is 2.39. The molecule has 3 N–H and O–H groups in total. The van der Waals surface area contributed by atoms with E-state index in [1.54, 1.807) is 18.3 Å². The van der Waals surface area contributed by atoms with E-state index in [2.05, 4.69) is 10.3 Å². The fourth-order valence-corrected chi connectivity index (χ4v) is 5.37. The largest absolute Gasteiger partial charge is 0.480 e. The van der Waals surface area contributed by atoms with Crippen LogP contribution in [0.25, 0.3) is 10.9 Å². The minimum absolute atomic E-state index is 0.0161. The lowest BCUT2D eigenvalue weighted by molar-refractivity contribution is -0.144. The third-order valence-electron chi connectivity index (χ3n) is 6.91. The molecule has 2 aliphatic heterocycles. The van der Waals surface area contributed by atoms with E-state index in [0.29, 0.717) is 30.9 Å². The number of anilines is 1. The molecule has 0 aliphatic carbocycles. The molecule has 4 heterocycles. The number of nitrogens with one attached hydrogen (secondary N) is 2. The number of hydrogen-bond acceptors (Lipinski definition) is 4. The van der Waals surface area contributed by atoms with Crippen molar-refractivity contribution in [3.63, 3.8) is 0 Å². The van der Waals surface area contributed by atoms with Crippen LogP contribution < -0.4 is 10.9 Å². The number of carbonyl (C=O) groups is 2. The maximum atomic E-state index is 12.5. The molecule has 172 valence electrons. The van der Waals surface area contributed by atoms with Crippen molar-refractivity contribution in [2.45, 2.75) is 38.8 Å². The number of H-pyrrole nitrogens is 1. The Morgan fingerprint density at radius 2 is 1.97 bits per heavy atom. The maximum Gasteiger partial charge on any atom is 0.325 e. The van der Waals surface area contributed by atoms with Gasteiger partial charge in [-0.25, -0.2) is 0 Å². The highest BCUT2D eigenvalue weighted by atomic mass is 16.4. The molecule has 1 amide bonds. The zero-order valence-electron chi connectivity index (χ0n) is 18.7. The van der Waals surface area contributed by atoms with Crippen LogP contribution in [0.2, 0.25) is 0 Å². The monoisotopic (exact) mass is 448 g/mol. The lowest BCUT2D eigenvalue weighted by atomic mass is 9.82. The molecule has 0 saturated carbocycles. The van der Waals surface area contributed by atoms with E-state index in [0.717, 1.165) is 23.0 Å². The van der Waals surface area contributed by atoms with E-state index in [-0.39, 0.29) is 29.2 Å². The number of nitrogens with zero attached hydrogens (tertiary/aromatic N) is 2. The lowest BCUT2D eigenvalue weighted by Crippen LogP contribution is -2.49. The maximum absolute atomic E-state index is 12.5. The summed E-state index contributed by atoms with van der Waals surface area (Å²) in [5.74, 6) is -0.712. The summed E-state index contributed by atoms with van der Waals surface area (Å²) in [6.07, 6.45) is 2.74. The SMILES string of the molecule is CC(C)C(=O)Nc1ccc2c([C@@H](C(=O)O)N3C[C@H]4C[C@@H](C3)c3cccc(=O)n3C4)c[nH]c2c1. The summed E-state index contributed by atoms with van der Waals surface area (Å²) in [5.41, 5.74) is 3.19. The average Bonchev–Trinajstić information content (AvgIpc) is 3.17. The summed E-state index contributed by atoms with van der Waals surface area (Å²) in [5, 5.41) is 13.9. The molecule has 3 atom stereocenters. The van der Waals surface area contributed by atoms with E-state index in [9.17, 15) is 19.5 Å². The van der Waals surface area contributed by atoms with Gasteiger partial charge in [0, 0.05) is 71.6 Å². The number of likely N-dealkylation sites (tertiary alicyclic amines) is 1. The fourth-order valence-electron chi connectivity index (χ4n) is 5.37. The third kappa shape index (κ3) is 3.84. The summed E-state index contributed by atoms with van der Waals surface area (Å²) < 4.78 is 1.85. The highest BCUT2D eigenvalue weighted by molar-refractivity contribution is 5.96. The molecular weight excluding hydrogens is 420 g/mol. The van der Waals surface area contributed by atoms with Crippen LogP contribution in [0.1, 0.15) is 43.5 Å². The standard InChI is InChI=1S/C25H28N4O4/c1-14(2)24(31)27-17-6-7-18-19(10-26-20(18)9-17)23(25(32)33)28-11-15-8-16(13-28)21-4-3-5-22(30)29(21)12-15/h3-7,9-10,14-16,23,26H,8,11-13H2,1-2H3,(H,27,31)(H,32,33)/t15-,16+,23+/m1/s1. The Balaban J connectivity index is 1.46. The normalized spacial score (nSPS) is 21.1. The Morgan fingerprint density at radius 1 is 1.15 bits per heavy atom. The zero-order valence-corrected chi connectivity index (χ0v) is 18.7. The number of hydrogen-bond donors (Lipinski definition) is 3. The van der Waals surface area contributed by atoms with Gasteiger partial charge in [-0.05, 0) is 30.5 Å². The molecule has 1 fully saturated rings. The minimum atomic E-state index is -0.890. The van der Waals surface area contributed by atoms with Gasteiger partial charge in [-0.2, -0.15) is 0 Å². The van der Waals surface area contributed by atoms with Gasteiger partial charge in [-0.15, -0.1) is 0 Å². The number of aromatic nitrogens is 2.